The summed E-state index contributed by atoms with van der Waals surface area (Å²) >= 11 is 5.75. The zero-order valence-electron chi connectivity index (χ0n) is 10.7. The largest absolute Gasteiger partial charge is 0.497 e. The summed E-state index contributed by atoms with van der Waals surface area (Å²) in [6.07, 6.45) is 0. The lowest BCUT2D eigenvalue weighted by Crippen LogP contribution is -2.04. The Labute approximate surface area is 120 Å². The van der Waals surface area contributed by atoms with E-state index in [-0.39, 0.29) is 16.7 Å². The molecule has 1 aromatic heterocycles. The van der Waals surface area contributed by atoms with Gasteiger partial charge in [-0.25, -0.2) is 4.98 Å². The van der Waals surface area contributed by atoms with Gasteiger partial charge in [-0.2, -0.15) is 0 Å². The first-order valence-electron chi connectivity index (χ1n) is 5.78. The van der Waals surface area contributed by atoms with Crippen molar-refractivity contribution in [1.29, 1.82) is 0 Å². The van der Waals surface area contributed by atoms with Crippen LogP contribution in [0.4, 0.5) is 11.5 Å². The molecule has 2 aromatic rings. The highest BCUT2D eigenvalue weighted by atomic mass is 35.5. The van der Waals surface area contributed by atoms with E-state index in [1.165, 1.54) is 12.1 Å². The maximum absolute atomic E-state index is 10.9. The molecule has 0 unspecified atom stereocenters. The van der Waals surface area contributed by atoms with Crippen LogP contribution in [0.15, 0.2) is 36.4 Å². The molecule has 2 rings (SSSR count). The van der Waals surface area contributed by atoms with E-state index in [1.54, 1.807) is 7.11 Å². The first-order chi connectivity index (χ1) is 9.60. The van der Waals surface area contributed by atoms with Gasteiger partial charge in [0.1, 0.15) is 10.9 Å². The Balaban J connectivity index is 2.13. The van der Waals surface area contributed by atoms with Crippen molar-refractivity contribution in [1.82, 2.24) is 4.98 Å². The molecular weight excluding hydrogens is 282 g/mol. The molecule has 0 atom stereocenters. The second kappa shape index (κ2) is 6.21. The van der Waals surface area contributed by atoms with Crippen molar-refractivity contribution < 1.29 is 9.66 Å². The zero-order chi connectivity index (χ0) is 14.5. The molecule has 0 radical (unpaired) electrons. The molecule has 1 aromatic carbocycles. The number of halogens is 1. The average molecular weight is 294 g/mol. The van der Waals surface area contributed by atoms with Gasteiger partial charge in [-0.15, -0.1) is 0 Å². The minimum absolute atomic E-state index is 0.108. The number of nitro groups is 1. The second-order valence-electron chi connectivity index (χ2n) is 3.96. The van der Waals surface area contributed by atoms with E-state index in [9.17, 15) is 10.1 Å². The van der Waals surface area contributed by atoms with Crippen LogP contribution in [-0.2, 0) is 6.54 Å². The highest BCUT2D eigenvalue weighted by Gasteiger charge is 2.15. The van der Waals surface area contributed by atoms with E-state index in [4.69, 9.17) is 16.3 Å². The molecule has 0 aliphatic heterocycles. The molecule has 1 heterocycles. The van der Waals surface area contributed by atoms with Gasteiger partial charge in [0.25, 0.3) is 0 Å². The summed E-state index contributed by atoms with van der Waals surface area (Å²) in [5.74, 6) is 0.902. The SMILES string of the molecule is COc1ccc(CNc2nc(Cl)ccc2[N+](=O)[O-])cc1. The van der Waals surface area contributed by atoms with Crippen molar-refractivity contribution in [3.8, 4) is 5.75 Å². The lowest BCUT2D eigenvalue weighted by molar-refractivity contribution is -0.384. The molecule has 7 heteroatoms. The second-order valence-corrected chi connectivity index (χ2v) is 4.35. The van der Waals surface area contributed by atoms with Crippen LogP contribution in [0.25, 0.3) is 0 Å². The van der Waals surface area contributed by atoms with Gasteiger partial charge >= 0.3 is 5.69 Å². The van der Waals surface area contributed by atoms with Crippen LogP contribution in [0.5, 0.6) is 5.75 Å². The third kappa shape index (κ3) is 3.36. The van der Waals surface area contributed by atoms with E-state index in [0.717, 1.165) is 11.3 Å². The number of anilines is 1. The van der Waals surface area contributed by atoms with Crippen molar-refractivity contribution >= 4 is 23.1 Å². The minimum Gasteiger partial charge on any atom is -0.497 e. The third-order valence-corrected chi connectivity index (χ3v) is 2.87. The number of hydrogen-bond acceptors (Lipinski definition) is 5. The first-order valence-corrected chi connectivity index (χ1v) is 6.15. The molecule has 0 saturated heterocycles. The molecular formula is C13H12ClN3O3. The third-order valence-electron chi connectivity index (χ3n) is 2.66. The number of benzene rings is 1. The zero-order valence-corrected chi connectivity index (χ0v) is 11.4. The van der Waals surface area contributed by atoms with E-state index in [1.807, 2.05) is 24.3 Å². The summed E-state index contributed by atoms with van der Waals surface area (Å²) in [7, 11) is 1.59. The van der Waals surface area contributed by atoms with Gasteiger partial charge in [-0.3, -0.25) is 10.1 Å². The predicted molar refractivity (Wildman–Crippen MR) is 76.2 cm³/mol. The summed E-state index contributed by atoms with van der Waals surface area (Å²) in [6.45, 7) is 0.401. The quantitative estimate of drug-likeness (QED) is 0.520. The Kier molecular flexibility index (Phi) is 4.37. The Bertz CT molecular complexity index is 617. The number of methoxy groups -OCH3 is 1. The summed E-state index contributed by atoms with van der Waals surface area (Å²) < 4.78 is 5.06. The van der Waals surface area contributed by atoms with Crippen molar-refractivity contribution in [2.24, 2.45) is 0 Å². The van der Waals surface area contributed by atoms with Crippen molar-refractivity contribution in [2.75, 3.05) is 12.4 Å². The van der Waals surface area contributed by atoms with Crippen molar-refractivity contribution in [3.05, 3.63) is 57.2 Å². The number of ether oxygens (including phenoxy) is 1. The lowest BCUT2D eigenvalue weighted by atomic mass is 10.2. The molecule has 6 nitrogen and oxygen atoms in total. The fourth-order valence-electron chi connectivity index (χ4n) is 1.63. The van der Waals surface area contributed by atoms with Crippen LogP contribution in [0.2, 0.25) is 5.15 Å². The minimum atomic E-state index is -0.500. The number of nitrogens with one attached hydrogen (secondary N) is 1. The fourth-order valence-corrected chi connectivity index (χ4v) is 1.78. The Hall–Kier alpha value is -2.34. The highest BCUT2D eigenvalue weighted by molar-refractivity contribution is 6.29. The molecule has 1 N–H and O–H groups in total. The van der Waals surface area contributed by atoms with Crippen LogP contribution in [-0.4, -0.2) is 17.0 Å². The number of pyridine rings is 1. The van der Waals surface area contributed by atoms with Gasteiger partial charge in [-0.05, 0) is 23.8 Å². The van der Waals surface area contributed by atoms with E-state index in [2.05, 4.69) is 10.3 Å². The number of hydrogen-bond donors (Lipinski definition) is 1. The van der Waals surface area contributed by atoms with Crippen LogP contribution in [0.1, 0.15) is 5.56 Å². The standard InChI is InChI=1S/C13H12ClN3O3/c1-20-10-4-2-9(3-5-10)8-15-13-11(17(18)19)6-7-12(14)16-13/h2-7H,8H2,1H3,(H,15,16). The topological polar surface area (TPSA) is 77.3 Å². The van der Waals surface area contributed by atoms with Crippen molar-refractivity contribution in [2.45, 2.75) is 6.54 Å². The van der Waals surface area contributed by atoms with Crippen LogP contribution in [0, 0.1) is 10.1 Å². The van der Waals surface area contributed by atoms with E-state index >= 15 is 0 Å². The molecule has 0 bridgehead atoms. The maximum Gasteiger partial charge on any atom is 0.311 e. The molecule has 0 saturated carbocycles. The number of aromatic nitrogens is 1. The molecule has 104 valence electrons. The molecule has 20 heavy (non-hydrogen) atoms. The molecule has 0 spiro atoms. The number of rotatable bonds is 5. The van der Waals surface area contributed by atoms with Gasteiger partial charge in [0.2, 0.25) is 5.82 Å². The Morgan fingerprint density at radius 2 is 2.00 bits per heavy atom. The van der Waals surface area contributed by atoms with Crippen molar-refractivity contribution in [3.63, 3.8) is 0 Å². The Morgan fingerprint density at radius 3 is 2.60 bits per heavy atom. The monoisotopic (exact) mass is 293 g/mol. The van der Waals surface area contributed by atoms with Gasteiger partial charge in [-0.1, -0.05) is 23.7 Å². The number of nitrogens with zero attached hydrogens (tertiary/aromatic N) is 2. The summed E-state index contributed by atoms with van der Waals surface area (Å²) in [6, 6.07) is 10.1. The molecule has 0 amide bonds. The van der Waals surface area contributed by atoms with Gasteiger partial charge < -0.3 is 10.1 Å². The average Bonchev–Trinajstić information content (AvgIpc) is 2.45. The normalized spacial score (nSPS) is 10.1. The molecule has 0 aliphatic rings. The van der Waals surface area contributed by atoms with E-state index in [0.29, 0.717) is 6.54 Å². The van der Waals surface area contributed by atoms with Crippen LogP contribution in [0.3, 0.4) is 0 Å². The van der Waals surface area contributed by atoms with Crippen LogP contribution >= 0.6 is 11.6 Å². The summed E-state index contributed by atoms with van der Waals surface area (Å²) in [4.78, 5) is 14.3. The lowest BCUT2D eigenvalue weighted by Gasteiger charge is -2.07. The maximum atomic E-state index is 10.9. The fraction of sp³-hybridized carbons (Fsp3) is 0.154. The Morgan fingerprint density at radius 1 is 1.30 bits per heavy atom. The highest BCUT2D eigenvalue weighted by Crippen LogP contribution is 2.24. The molecule has 0 aliphatic carbocycles. The van der Waals surface area contributed by atoms with Gasteiger partial charge in [0.05, 0.1) is 12.0 Å². The van der Waals surface area contributed by atoms with Gasteiger partial charge in [0, 0.05) is 12.6 Å². The summed E-state index contributed by atoms with van der Waals surface area (Å²) in [5, 5.41) is 14.0. The van der Waals surface area contributed by atoms with Crippen LogP contribution < -0.4 is 10.1 Å². The summed E-state index contributed by atoms with van der Waals surface area (Å²) in [5.41, 5.74) is 0.838. The smallest absolute Gasteiger partial charge is 0.311 e. The molecule has 0 fully saturated rings. The van der Waals surface area contributed by atoms with E-state index < -0.39 is 4.92 Å². The predicted octanol–water partition coefficient (Wildman–Crippen LogP) is 3.26. The first kappa shape index (κ1) is 14.1. The van der Waals surface area contributed by atoms with Gasteiger partial charge in [0.15, 0.2) is 0 Å².